The number of carbonyl (C=O) groups is 2. The molecule has 0 unspecified atom stereocenters. The first-order valence-corrected chi connectivity index (χ1v) is 11.8. The maximum Gasteiger partial charge on any atom is 0.416 e. The van der Waals surface area contributed by atoms with Gasteiger partial charge in [0.1, 0.15) is 0 Å². The maximum absolute atomic E-state index is 14.8. The van der Waals surface area contributed by atoms with E-state index in [1.807, 2.05) is 0 Å². The quantitative estimate of drug-likeness (QED) is 0.301. The minimum atomic E-state index is -5.42. The molecule has 1 heterocycles. The number of nitrogens with zero attached hydrogens (tertiary/aromatic N) is 1. The molecule has 3 rings (SSSR count). The molecule has 41 heavy (non-hydrogen) atoms. The highest BCUT2D eigenvalue weighted by Crippen LogP contribution is 2.53. The van der Waals surface area contributed by atoms with Gasteiger partial charge in [-0.1, -0.05) is 25.1 Å². The number of benzene rings is 2. The Morgan fingerprint density at radius 2 is 1.39 bits per heavy atom. The number of methoxy groups -OCH3 is 1. The minimum absolute atomic E-state index is 0.00848. The molecule has 15 heteroatoms. The Labute approximate surface area is 226 Å². The number of ether oxygens (including phenoxy) is 2. The van der Waals surface area contributed by atoms with Gasteiger partial charge in [0.15, 0.2) is 5.54 Å². The van der Waals surface area contributed by atoms with Crippen LogP contribution < -0.4 is 4.90 Å². The fourth-order valence-corrected chi connectivity index (χ4v) is 4.61. The summed E-state index contributed by atoms with van der Waals surface area (Å²) in [6, 6.07) is 4.14. The molecule has 224 valence electrons. The zero-order valence-corrected chi connectivity index (χ0v) is 21.5. The van der Waals surface area contributed by atoms with Crippen LogP contribution in [0.1, 0.15) is 42.5 Å². The van der Waals surface area contributed by atoms with Gasteiger partial charge in [-0.05, 0) is 43.7 Å². The Balaban J connectivity index is 2.55. The number of fused-ring (bicyclic) bond motifs is 1. The second-order valence-corrected chi connectivity index (χ2v) is 8.88. The monoisotopic (exact) mass is 599 g/mol. The summed E-state index contributed by atoms with van der Waals surface area (Å²) >= 11 is 0. The number of rotatable bonds is 5. The van der Waals surface area contributed by atoms with Crippen LogP contribution in [-0.2, 0) is 32.2 Å². The van der Waals surface area contributed by atoms with Crippen LogP contribution in [0.15, 0.2) is 48.5 Å². The Kier molecular flexibility index (Phi) is 8.20. The van der Waals surface area contributed by atoms with Crippen LogP contribution >= 0.6 is 0 Å². The second-order valence-electron chi connectivity index (χ2n) is 8.88. The number of anilines is 1. The van der Waals surface area contributed by atoms with Crippen molar-refractivity contribution in [2.24, 2.45) is 0 Å². The molecule has 1 aliphatic rings. The first kappa shape index (κ1) is 31.8. The number of carbonyl (C=O) groups excluding carboxylic acids is 2. The lowest BCUT2D eigenvalue weighted by atomic mass is 9.74. The van der Waals surface area contributed by atoms with Gasteiger partial charge in [-0.2, -0.15) is 39.5 Å². The molecule has 0 radical (unpaired) electrons. The van der Waals surface area contributed by atoms with E-state index in [9.17, 15) is 54.2 Å². The topological polar surface area (TPSA) is 76.1 Å². The van der Waals surface area contributed by atoms with Crippen molar-refractivity contribution in [3.8, 4) is 0 Å². The SMILES string of the molecule is CCOC(=O)N1c2ccccc2C([C@](O)(C(=O)OC)c2cc(C(F)(F)F)cc(C(F)(F)F)c2)=C[C@@]1(CC)C(F)(F)F. The number of para-hydroxylation sites is 1. The van der Waals surface area contributed by atoms with E-state index in [1.165, 1.54) is 19.1 Å². The van der Waals surface area contributed by atoms with Crippen LogP contribution in [0.2, 0.25) is 0 Å². The molecule has 2 aromatic rings. The van der Waals surface area contributed by atoms with E-state index in [-0.39, 0.29) is 35.8 Å². The number of amides is 1. The molecule has 2 atom stereocenters. The normalized spacial score (nSPS) is 19.1. The molecule has 0 aromatic heterocycles. The fourth-order valence-electron chi connectivity index (χ4n) is 4.61. The van der Waals surface area contributed by atoms with Gasteiger partial charge in [0, 0.05) is 16.7 Å². The highest BCUT2D eigenvalue weighted by molar-refractivity contribution is 6.05. The molecule has 6 nitrogen and oxygen atoms in total. The number of hydrogen-bond acceptors (Lipinski definition) is 5. The lowest BCUT2D eigenvalue weighted by Gasteiger charge is -2.47. The summed E-state index contributed by atoms with van der Waals surface area (Å²) in [6.45, 7) is 1.95. The Morgan fingerprint density at radius 1 is 0.878 bits per heavy atom. The first-order valence-electron chi connectivity index (χ1n) is 11.8. The summed E-state index contributed by atoms with van der Waals surface area (Å²) in [5, 5.41) is 11.7. The van der Waals surface area contributed by atoms with Gasteiger partial charge in [-0.25, -0.2) is 9.59 Å². The highest BCUT2D eigenvalue weighted by atomic mass is 19.4. The van der Waals surface area contributed by atoms with Crippen LogP contribution in [-0.4, -0.2) is 42.6 Å². The van der Waals surface area contributed by atoms with Gasteiger partial charge in [0.25, 0.3) is 0 Å². The van der Waals surface area contributed by atoms with Crippen LogP contribution in [0.5, 0.6) is 0 Å². The average Bonchev–Trinajstić information content (AvgIpc) is 2.89. The third-order valence-electron chi connectivity index (χ3n) is 6.57. The standard InChI is InChI=1S/C26H22F9NO5/c1-4-22(26(33,34)35)13-18(17-8-6-7-9-19(17)36(22)21(38)41-5-2)23(39,20(37)40-3)14-10-15(24(27,28)29)12-16(11-14)25(30,31)32/h6-13,39H,4-5H2,1-3H3/t22-,23-/m0/s1. The van der Waals surface area contributed by atoms with E-state index >= 15 is 0 Å². The summed E-state index contributed by atoms with van der Waals surface area (Å²) in [5.41, 5.74) is -14.4. The largest absolute Gasteiger partial charge is 0.466 e. The summed E-state index contributed by atoms with van der Waals surface area (Å²) in [7, 11) is 0.628. The summed E-state index contributed by atoms with van der Waals surface area (Å²) in [4.78, 5) is 26.2. The Bertz CT molecular complexity index is 1330. The van der Waals surface area contributed by atoms with Gasteiger partial charge in [0.05, 0.1) is 30.5 Å². The van der Waals surface area contributed by atoms with E-state index < -0.39 is 81.7 Å². The molecular weight excluding hydrogens is 577 g/mol. The van der Waals surface area contributed by atoms with Crippen molar-refractivity contribution in [2.75, 3.05) is 18.6 Å². The molecule has 0 saturated heterocycles. The molecule has 0 saturated carbocycles. The second kappa shape index (κ2) is 10.6. The first-order chi connectivity index (χ1) is 18.8. The number of esters is 1. The molecule has 1 amide bonds. The van der Waals surface area contributed by atoms with Crippen LogP contribution in [0.4, 0.5) is 50.0 Å². The van der Waals surface area contributed by atoms with E-state index in [2.05, 4.69) is 4.74 Å². The summed E-state index contributed by atoms with van der Waals surface area (Å²) in [5.74, 6) is -1.89. The smallest absolute Gasteiger partial charge is 0.416 e. The predicted molar refractivity (Wildman–Crippen MR) is 125 cm³/mol. The molecule has 1 N–H and O–H groups in total. The maximum atomic E-state index is 14.8. The van der Waals surface area contributed by atoms with E-state index in [4.69, 9.17) is 4.74 Å². The Morgan fingerprint density at radius 3 is 1.83 bits per heavy atom. The summed E-state index contributed by atoms with van der Waals surface area (Å²) < 4.78 is 136. The lowest BCUT2D eigenvalue weighted by molar-refractivity contribution is -0.173. The van der Waals surface area contributed by atoms with Gasteiger partial charge in [-0.15, -0.1) is 0 Å². The van der Waals surface area contributed by atoms with E-state index in [0.717, 1.165) is 19.1 Å². The molecule has 1 aliphatic heterocycles. The van der Waals surface area contributed by atoms with Crippen LogP contribution in [0.3, 0.4) is 0 Å². The predicted octanol–water partition coefficient (Wildman–Crippen LogP) is 6.86. The third kappa shape index (κ3) is 5.34. The van der Waals surface area contributed by atoms with Crippen molar-refractivity contribution in [2.45, 2.75) is 49.9 Å². The van der Waals surface area contributed by atoms with Crippen molar-refractivity contribution in [1.29, 1.82) is 0 Å². The molecule has 0 aliphatic carbocycles. The molecule has 2 aromatic carbocycles. The van der Waals surface area contributed by atoms with Crippen molar-refractivity contribution in [3.05, 3.63) is 70.8 Å². The zero-order valence-electron chi connectivity index (χ0n) is 21.5. The van der Waals surface area contributed by atoms with Crippen molar-refractivity contribution in [3.63, 3.8) is 0 Å². The average molecular weight is 599 g/mol. The number of aliphatic hydroxyl groups is 1. The molecule has 0 fully saturated rings. The molecule has 0 bridgehead atoms. The number of alkyl halides is 9. The zero-order chi connectivity index (χ0) is 31.2. The highest BCUT2D eigenvalue weighted by Gasteiger charge is 2.63. The number of hydrogen-bond donors (Lipinski definition) is 1. The van der Waals surface area contributed by atoms with Crippen LogP contribution in [0.25, 0.3) is 5.57 Å². The van der Waals surface area contributed by atoms with Gasteiger partial charge in [0.2, 0.25) is 5.60 Å². The summed E-state index contributed by atoms with van der Waals surface area (Å²) in [6.07, 6.45) is -18.5. The van der Waals surface area contributed by atoms with Gasteiger partial charge < -0.3 is 14.6 Å². The molecular formula is C26H22F9NO5. The van der Waals surface area contributed by atoms with Gasteiger partial charge in [-0.3, -0.25) is 4.90 Å². The van der Waals surface area contributed by atoms with Crippen molar-refractivity contribution >= 4 is 23.3 Å². The van der Waals surface area contributed by atoms with Crippen LogP contribution in [0, 0.1) is 0 Å². The minimum Gasteiger partial charge on any atom is -0.466 e. The number of halogens is 9. The lowest BCUT2D eigenvalue weighted by Crippen LogP contribution is -2.62. The third-order valence-corrected chi connectivity index (χ3v) is 6.57. The fraction of sp³-hybridized carbons (Fsp3) is 0.385. The van der Waals surface area contributed by atoms with Crippen molar-refractivity contribution < 1.29 is 63.7 Å². The Hall–Kier alpha value is -3.75. The van der Waals surface area contributed by atoms with Crippen molar-refractivity contribution in [1.82, 2.24) is 0 Å². The van der Waals surface area contributed by atoms with E-state index in [1.54, 1.807) is 0 Å². The van der Waals surface area contributed by atoms with Gasteiger partial charge >= 0.3 is 30.6 Å². The van der Waals surface area contributed by atoms with E-state index in [0.29, 0.717) is 7.11 Å². The molecule has 0 spiro atoms.